The maximum Gasteiger partial charge on any atom is 0.121 e. The highest BCUT2D eigenvalue weighted by Crippen LogP contribution is 2.47. The molecule has 1 fully saturated rings. The van der Waals surface area contributed by atoms with Crippen molar-refractivity contribution >= 4 is 5.69 Å². The second-order valence-corrected chi connectivity index (χ2v) is 4.90. The molecule has 3 rings (SSSR count). The molecule has 2 aromatic carbocycles. The van der Waals surface area contributed by atoms with Crippen LogP contribution in [0.25, 0.3) is 0 Å². The monoisotopic (exact) mass is 239 g/mol. The number of benzene rings is 2. The van der Waals surface area contributed by atoms with Crippen LogP contribution in [0.4, 0.5) is 5.69 Å². The van der Waals surface area contributed by atoms with Crippen molar-refractivity contribution in [3.8, 4) is 5.75 Å². The minimum absolute atomic E-state index is 0.647. The summed E-state index contributed by atoms with van der Waals surface area (Å²) < 4.78 is 5.78. The minimum atomic E-state index is 0.647. The Morgan fingerprint density at radius 2 is 1.89 bits per heavy atom. The van der Waals surface area contributed by atoms with Crippen molar-refractivity contribution in [2.75, 3.05) is 12.3 Å². The molecule has 2 heteroatoms. The van der Waals surface area contributed by atoms with Crippen LogP contribution in [0.2, 0.25) is 0 Å². The van der Waals surface area contributed by atoms with Crippen LogP contribution in [-0.4, -0.2) is 6.61 Å². The summed E-state index contributed by atoms with van der Waals surface area (Å²) in [5, 5.41) is 0. The lowest BCUT2D eigenvalue weighted by Gasteiger charge is -2.06. The summed E-state index contributed by atoms with van der Waals surface area (Å²) in [6, 6.07) is 18.3. The van der Waals surface area contributed by atoms with Crippen LogP contribution < -0.4 is 10.5 Å². The predicted octanol–water partition coefficient (Wildman–Crippen LogP) is 3.45. The van der Waals surface area contributed by atoms with Crippen LogP contribution in [0.15, 0.2) is 54.6 Å². The van der Waals surface area contributed by atoms with Crippen molar-refractivity contribution < 1.29 is 4.74 Å². The number of hydrogen-bond acceptors (Lipinski definition) is 2. The van der Waals surface area contributed by atoms with E-state index in [0.29, 0.717) is 11.8 Å². The van der Waals surface area contributed by atoms with Crippen molar-refractivity contribution in [1.82, 2.24) is 0 Å². The molecule has 2 aromatic rings. The molecule has 0 unspecified atom stereocenters. The van der Waals surface area contributed by atoms with Gasteiger partial charge in [-0.2, -0.15) is 0 Å². The molecule has 0 aliphatic heterocycles. The lowest BCUT2D eigenvalue weighted by atomic mass is 10.1. The molecule has 0 heterocycles. The average Bonchev–Trinajstić information content (AvgIpc) is 3.17. The van der Waals surface area contributed by atoms with E-state index in [1.54, 1.807) is 0 Å². The third-order valence-corrected chi connectivity index (χ3v) is 3.47. The molecule has 0 radical (unpaired) electrons. The highest BCUT2D eigenvalue weighted by atomic mass is 16.5. The molecule has 0 aromatic heterocycles. The first kappa shape index (κ1) is 11.1. The summed E-state index contributed by atoms with van der Waals surface area (Å²) in [6.45, 7) is 0.781. The van der Waals surface area contributed by atoms with E-state index in [0.717, 1.165) is 18.0 Å². The van der Waals surface area contributed by atoms with Gasteiger partial charge in [-0.15, -0.1) is 0 Å². The Hall–Kier alpha value is -1.96. The predicted molar refractivity (Wildman–Crippen MR) is 73.6 cm³/mol. The zero-order valence-electron chi connectivity index (χ0n) is 10.3. The fraction of sp³-hybridized carbons (Fsp3) is 0.250. The highest BCUT2D eigenvalue weighted by molar-refractivity contribution is 5.43. The number of rotatable bonds is 4. The van der Waals surface area contributed by atoms with Crippen LogP contribution >= 0.6 is 0 Å². The van der Waals surface area contributed by atoms with Gasteiger partial charge >= 0.3 is 0 Å². The molecule has 0 bridgehead atoms. The van der Waals surface area contributed by atoms with E-state index in [1.165, 1.54) is 12.0 Å². The Morgan fingerprint density at radius 3 is 2.67 bits per heavy atom. The Bertz CT molecular complexity index is 524. The summed E-state index contributed by atoms with van der Waals surface area (Å²) >= 11 is 0. The molecule has 0 amide bonds. The van der Waals surface area contributed by atoms with Gasteiger partial charge in [0.25, 0.3) is 0 Å². The molecule has 0 saturated heterocycles. The van der Waals surface area contributed by atoms with Gasteiger partial charge in [-0.1, -0.05) is 36.4 Å². The zero-order chi connectivity index (χ0) is 12.4. The van der Waals surface area contributed by atoms with Crippen molar-refractivity contribution in [2.45, 2.75) is 12.3 Å². The standard InChI is InChI=1S/C16H17NO/c17-14-7-4-8-15(10-14)18-11-13-9-16(13)12-5-2-1-3-6-12/h1-8,10,13,16H,9,11,17H2/t13-,16+/m1/s1. The molecule has 2 nitrogen and oxygen atoms in total. The van der Waals surface area contributed by atoms with E-state index in [-0.39, 0.29) is 0 Å². The second-order valence-electron chi connectivity index (χ2n) is 4.90. The lowest BCUT2D eigenvalue weighted by molar-refractivity contribution is 0.297. The van der Waals surface area contributed by atoms with Crippen LogP contribution in [0.5, 0.6) is 5.75 Å². The maximum atomic E-state index is 5.78. The molecular formula is C16H17NO. The molecule has 0 spiro atoms. The van der Waals surface area contributed by atoms with Crippen molar-refractivity contribution in [1.29, 1.82) is 0 Å². The van der Waals surface area contributed by atoms with Gasteiger partial charge in [0.2, 0.25) is 0 Å². The van der Waals surface area contributed by atoms with Gasteiger partial charge in [-0.25, -0.2) is 0 Å². The Labute approximate surface area is 107 Å². The molecule has 92 valence electrons. The van der Waals surface area contributed by atoms with E-state index >= 15 is 0 Å². The van der Waals surface area contributed by atoms with E-state index in [9.17, 15) is 0 Å². The number of ether oxygens (including phenoxy) is 1. The van der Waals surface area contributed by atoms with Crippen LogP contribution in [0.3, 0.4) is 0 Å². The van der Waals surface area contributed by atoms with E-state index in [2.05, 4.69) is 30.3 Å². The quantitative estimate of drug-likeness (QED) is 0.829. The van der Waals surface area contributed by atoms with Crippen molar-refractivity contribution in [3.05, 3.63) is 60.2 Å². The van der Waals surface area contributed by atoms with E-state index in [1.807, 2.05) is 24.3 Å². The molecule has 18 heavy (non-hydrogen) atoms. The van der Waals surface area contributed by atoms with Crippen molar-refractivity contribution in [2.24, 2.45) is 5.92 Å². The zero-order valence-corrected chi connectivity index (χ0v) is 10.3. The van der Waals surface area contributed by atoms with Gasteiger partial charge in [0.1, 0.15) is 5.75 Å². The fourth-order valence-corrected chi connectivity index (χ4v) is 2.35. The van der Waals surface area contributed by atoms with E-state index in [4.69, 9.17) is 10.5 Å². The Kier molecular flexibility index (Phi) is 2.93. The largest absolute Gasteiger partial charge is 0.493 e. The number of nitrogen functional groups attached to an aromatic ring is 1. The van der Waals surface area contributed by atoms with Crippen LogP contribution in [0.1, 0.15) is 17.9 Å². The van der Waals surface area contributed by atoms with Gasteiger partial charge in [-0.3, -0.25) is 0 Å². The third kappa shape index (κ3) is 2.48. The number of nitrogens with two attached hydrogens (primary N) is 1. The fourth-order valence-electron chi connectivity index (χ4n) is 2.35. The summed E-state index contributed by atoms with van der Waals surface area (Å²) in [4.78, 5) is 0. The smallest absolute Gasteiger partial charge is 0.121 e. The maximum absolute atomic E-state index is 5.78. The molecule has 1 aliphatic rings. The second kappa shape index (κ2) is 4.73. The molecule has 2 N–H and O–H groups in total. The molecular weight excluding hydrogens is 222 g/mol. The van der Waals surface area contributed by atoms with E-state index < -0.39 is 0 Å². The van der Waals surface area contributed by atoms with Gasteiger partial charge in [0.15, 0.2) is 0 Å². The molecule has 2 atom stereocenters. The van der Waals surface area contributed by atoms with Gasteiger partial charge in [0, 0.05) is 17.7 Å². The van der Waals surface area contributed by atoms with Crippen molar-refractivity contribution in [3.63, 3.8) is 0 Å². The lowest BCUT2D eigenvalue weighted by Crippen LogP contribution is -2.01. The first-order valence-corrected chi connectivity index (χ1v) is 6.36. The van der Waals surface area contributed by atoms with Gasteiger partial charge < -0.3 is 10.5 Å². The first-order valence-electron chi connectivity index (χ1n) is 6.36. The SMILES string of the molecule is Nc1cccc(OC[C@H]2C[C@H]2c2ccccc2)c1. The summed E-state index contributed by atoms with van der Waals surface area (Å²) in [5.74, 6) is 2.19. The number of anilines is 1. The number of hydrogen-bond donors (Lipinski definition) is 1. The average molecular weight is 239 g/mol. The van der Waals surface area contributed by atoms with Gasteiger partial charge in [-0.05, 0) is 30.0 Å². The van der Waals surface area contributed by atoms with Crippen LogP contribution in [0, 0.1) is 5.92 Å². The minimum Gasteiger partial charge on any atom is -0.493 e. The van der Waals surface area contributed by atoms with Crippen LogP contribution in [-0.2, 0) is 0 Å². The summed E-state index contributed by atoms with van der Waals surface area (Å²) in [6.07, 6.45) is 1.23. The summed E-state index contributed by atoms with van der Waals surface area (Å²) in [7, 11) is 0. The Morgan fingerprint density at radius 1 is 1.06 bits per heavy atom. The van der Waals surface area contributed by atoms with Gasteiger partial charge in [0.05, 0.1) is 6.61 Å². The molecule has 1 aliphatic carbocycles. The topological polar surface area (TPSA) is 35.2 Å². The normalized spacial score (nSPS) is 21.6. The summed E-state index contributed by atoms with van der Waals surface area (Å²) in [5.41, 5.74) is 7.90. The third-order valence-electron chi connectivity index (χ3n) is 3.47. The molecule has 1 saturated carbocycles. The highest BCUT2D eigenvalue weighted by Gasteiger charge is 2.38. The Balaban J connectivity index is 1.55. The first-order chi connectivity index (χ1) is 8.83.